The Labute approximate surface area is 128 Å². The van der Waals surface area contributed by atoms with Gasteiger partial charge in [0.05, 0.1) is 13.2 Å². The van der Waals surface area contributed by atoms with Crippen LogP contribution < -0.4 is 14.8 Å². The summed E-state index contributed by atoms with van der Waals surface area (Å²) in [6.45, 7) is 4.75. The molecule has 0 spiro atoms. The van der Waals surface area contributed by atoms with Gasteiger partial charge in [0.25, 0.3) is 0 Å². The van der Waals surface area contributed by atoms with Crippen molar-refractivity contribution >= 4 is 0 Å². The van der Waals surface area contributed by atoms with E-state index < -0.39 is 0 Å². The Balaban J connectivity index is 1.56. The van der Waals surface area contributed by atoms with Crippen LogP contribution in [0.25, 0.3) is 0 Å². The molecule has 21 heavy (non-hydrogen) atoms. The van der Waals surface area contributed by atoms with Crippen molar-refractivity contribution in [3.05, 3.63) is 23.8 Å². The first-order chi connectivity index (χ1) is 10.3. The predicted molar refractivity (Wildman–Crippen MR) is 84.9 cm³/mol. The van der Waals surface area contributed by atoms with E-state index in [1.165, 1.54) is 37.7 Å². The second-order valence-corrected chi connectivity index (χ2v) is 6.40. The maximum Gasteiger partial charge on any atom is 0.161 e. The van der Waals surface area contributed by atoms with Crippen LogP contribution in [-0.4, -0.2) is 19.3 Å². The van der Waals surface area contributed by atoms with Gasteiger partial charge in [-0.05, 0) is 43.4 Å². The van der Waals surface area contributed by atoms with E-state index in [-0.39, 0.29) is 0 Å². The monoisotopic (exact) mass is 289 g/mol. The second-order valence-electron chi connectivity index (χ2n) is 6.40. The Morgan fingerprint density at radius 2 is 1.81 bits per heavy atom. The number of hydrogen-bond donors (Lipinski definition) is 1. The zero-order valence-corrected chi connectivity index (χ0v) is 13.1. The van der Waals surface area contributed by atoms with Crippen LogP contribution >= 0.6 is 0 Å². The number of ether oxygens (including phenoxy) is 2. The Morgan fingerprint density at radius 3 is 2.62 bits per heavy atom. The smallest absolute Gasteiger partial charge is 0.161 e. The molecule has 2 aliphatic rings. The van der Waals surface area contributed by atoms with Gasteiger partial charge in [-0.25, -0.2) is 0 Å². The third-order valence-corrected chi connectivity index (χ3v) is 4.80. The summed E-state index contributed by atoms with van der Waals surface area (Å²) in [6.07, 6.45) is 7.96. The third kappa shape index (κ3) is 3.91. The van der Waals surface area contributed by atoms with E-state index in [4.69, 9.17) is 9.47 Å². The molecule has 3 nitrogen and oxygen atoms in total. The van der Waals surface area contributed by atoms with E-state index in [0.29, 0.717) is 6.04 Å². The van der Waals surface area contributed by atoms with Gasteiger partial charge in [-0.3, -0.25) is 0 Å². The highest BCUT2D eigenvalue weighted by molar-refractivity contribution is 5.43. The van der Waals surface area contributed by atoms with Crippen LogP contribution in [0.4, 0.5) is 0 Å². The molecule has 3 rings (SSSR count). The maximum atomic E-state index is 5.76. The van der Waals surface area contributed by atoms with Crippen molar-refractivity contribution in [1.82, 2.24) is 5.32 Å². The van der Waals surface area contributed by atoms with E-state index in [1.54, 1.807) is 0 Å². The summed E-state index contributed by atoms with van der Waals surface area (Å²) in [6, 6.07) is 6.92. The van der Waals surface area contributed by atoms with Gasteiger partial charge >= 0.3 is 0 Å². The molecular formula is C18H27NO2. The molecule has 116 valence electrons. The molecule has 3 heteroatoms. The molecule has 0 amide bonds. The molecule has 1 aromatic rings. The summed E-state index contributed by atoms with van der Waals surface area (Å²) in [4.78, 5) is 0. The number of fused-ring (bicyclic) bond motifs is 1. The third-order valence-electron chi connectivity index (χ3n) is 4.80. The topological polar surface area (TPSA) is 30.5 Å². The van der Waals surface area contributed by atoms with Gasteiger partial charge in [0.15, 0.2) is 11.5 Å². The van der Waals surface area contributed by atoms with E-state index in [0.717, 1.165) is 43.6 Å². The minimum Gasteiger partial charge on any atom is -0.490 e. The molecule has 1 aromatic carbocycles. The molecule has 1 N–H and O–H groups in total. The van der Waals surface area contributed by atoms with Crippen molar-refractivity contribution in [2.45, 2.75) is 58.0 Å². The van der Waals surface area contributed by atoms with Crippen molar-refractivity contribution < 1.29 is 9.47 Å². The molecule has 1 aliphatic heterocycles. The van der Waals surface area contributed by atoms with Gasteiger partial charge in [-0.15, -0.1) is 0 Å². The molecule has 1 atom stereocenters. The fourth-order valence-electron chi connectivity index (χ4n) is 3.40. The largest absolute Gasteiger partial charge is 0.490 e. The number of benzene rings is 1. The molecule has 0 saturated heterocycles. The number of nitrogens with one attached hydrogen (secondary N) is 1. The summed E-state index contributed by atoms with van der Waals surface area (Å²) in [7, 11) is 0. The molecule has 0 bridgehead atoms. The quantitative estimate of drug-likeness (QED) is 0.911. The van der Waals surface area contributed by atoms with Crippen LogP contribution in [0, 0.1) is 5.92 Å². The standard InChI is InChI=1S/C18H27NO2/c1-14(16-6-3-2-4-7-16)19-13-15-8-9-17-18(12-15)21-11-5-10-20-17/h8-9,12,14,16,19H,2-7,10-11,13H2,1H3/t14-/m1/s1. The van der Waals surface area contributed by atoms with Crippen LogP contribution in [0.3, 0.4) is 0 Å². The highest BCUT2D eigenvalue weighted by atomic mass is 16.5. The average Bonchev–Trinajstić information content (AvgIpc) is 2.78. The van der Waals surface area contributed by atoms with Crippen molar-refractivity contribution in [3.8, 4) is 11.5 Å². The summed E-state index contributed by atoms with van der Waals surface area (Å²) >= 11 is 0. The van der Waals surface area contributed by atoms with E-state index in [2.05, 4.69) is 24.4 Å². The maximum absolute atomic E-state index is 5.76. The van der Waals surface area contributed by atoms with Crippen LogP contribution in [0.2, 0.25) is 0 Å². The lowest BCUT2D eigenvalue weighted by Crippen LogP contribution is -2.34. The fraction of sp³-hybridized carbons (Fsp3) is 0.667. The van der Waals surface area contributed by atoms with Crippen molar-refractivity contribution in [3.63, 3.8) is 0 Å². The second kappa shape index (κ2) is 7.17. The summed E-state index contributed by atoms with van der Waals surface area (Å²) < 4.78 is 11.4. The van der Waals surface area contributed by atoms with E-state index >= 15 is 0 Å². The highest BCUT2D eigenvalue weighted by Crippen LogP contribution is 2.31. The summed E-state index contributed by atoms with van der Waals surface area (Å²) in [5, 5.41) is 3.69. The number of hydrogen-bond acceptors (Lipinski definition) is 3. The Morgan fingerprint density at radius 1 is 1.05 bits per heavy atom. The van der Waals surface area contributed by atoms with Crippen molar-refractivity contribution in [1.29, 1.82) is 0 Å². The van der Waals surface area contributed by atoms with E-state index in [1.807, 2.05) is 6.07 Å². The highest BCUT2D eigenvalue weighted by Gasteiger charge is 2.19. The predicted octanol–water partition coefficient (Wildman–Crippen LogP) is 3.91. The molecule has 1 fully saturated rings. The van der Waals surface area contributed by atoms with Gasteiger partial charge in [0.2, 0.25) is 0 Å². The van der Waals surface area contributed by atoms with Crippen LogP contribution in [0.1, 0.15) is 51.0 Å². The summed E-state index contributed by atoms with van der Waals surface area (Å²) in [5.74, 6) is 2.63. The average molecular weight is 289 g/mol. The first-order valence-corrected chi connectivity index (χ1v) is 8.45. The lowest BCUT2D eigenvalue weighted by Gasteiger charge is -2.28. The minimum absolute atomic E-state index is 0.598. The Kier molecular flexibility index (Phi) is 5.02. The van der Waals surface area contributed by atoms with Gasteiger partial charge in [-0.2, -0.15) is 0 Å². The number of rotatable bonds is 4. The first-order valence-electron chi connectivity index (χ1n) is 8.45. The lowest BCUT2D eigenvalue weighted by atomic mass is 9.84. The lowest BCUT2D eigenvalue weighted by molar-refractivity contribution is 0.280. The molecular weight excluding hydrogens is 262 g/mol. The summed E-state index contributed by atoms with van der Waals surface area (Å²) in [5.41, 5.74) is 1.28. The van der Waals surface area contributed by atoms with Crippen LogP contribution in [0.15, 0.2) is 18.2 Å². The molecule has 1 saturated carbocycles. The van der Waals surface area contributed by atoms with Gasteiger partial charge in [0, 0.05) is 19.0 Å². The van der Waals surface area contributed by atoms with E-state index in [9.17, 15) is 0 Å². The van der Waals surface area contributed by atoms with Crippen molar-refractivity contribution in [2.24, 2.45) is 5.92 Å². The zero-order chi connectivity index (χ0) is 14.5. The Hall–Kier alpha value is -1.22. The fourth-order valence-corrected chi connectivity index (χ4v) is 3.40. The zero-order valence-electron chi connectivity index (χ0n) is 13.1. The van der Waals surface area contributed by atoms with Gasteiger partial charge < -0.3 is 14.8 Å². The van der Waals surface area contributed by atoms with Gasteiger partial charge in [0.1, 0.15) is 0 Å². The van der Waals surface area contributed by atoms with Crippen LogP contribution in [-0.2, 0) is 6.54 Å². The SMILES string of the molecule is C[C@@H](NCc1ccc2c(c1)OCCCO2)C1CCCCC1. The minimum atomic E-state index is 0.598. The Bertz CT molecular complexity index is 455. The molecule has 0 radical (unpaired) electrons. The molecule has 1 heterocycles. The first kappa shape index (κ1) is 14.7. The normalized spacial score (nSPS) is 20.8. The molecule has 0 aromatic heterocycles. The van der Waals surface area contributed by atoms with Gasteiger partial charge in [-0.1, -0.05) is 25.3 Å². The van der Waals surface area contributed by atoms with Crippen molar-refractivity contribution in [2.75, 3.05) is 13.2 Å². The molecule has 0 unspecified atom stereocenters. The molecule has 1 aliphatic carbocycles. The van der Waals surface area contributed by atoms with Crippen LogP contribution in [0.5, 0.6) is 11.5 Å².